The Balaban J connectivity index is 1.25. The van der Waals surface area contributed by atoms with Gasteiger partial charge >= 0.3 is 5.97 Å². The van der Waals surface area contributed by atoms with E-state index in [1.54, 1.807) is 4.90 Å². The molecule has 2 heterocycles. The highest BCUT2D eigenvalue weighted by atomic mass is 35.5. The molecule has 198 valence electrons. The number of para-hydroxylation sites is 2. The van der Waals surface area contributed by atoms with E-state index in [4.69, 9.17) is 16.3 Å². The Hall–Kier alpha value is -3.40. The number of fused-ring (bicyclic) bond motifs is 1. The Morgan fingerprint density at radius 2 is 1.63 bits per heavy atom. The van der Waals surface area contributed by atoms with Crippen LogP contribution in [0.25, 0.3) is 0 Å². The van der Waals surface area contributed by atoms with Gasteiger partial charge in [0.2, 0.25) is 10.0 Å². The lowest BCUT2D eigenvalue weighted by molar-refractivity contribution is -0.122. The van der Waals surface area contributed by atoms with Gasteiger partial charge in [-0.2, -0.15) is 4.31 Å². The fourth-order valence-electron chi connectivity index (χ4n) is 5.02. The molecule has 0 aromatic heterocycles. The van der Waals surface area contributed by atoms with Crippen molar-refractivity contribution in [2.75, 3.05) is 42.6 Å². The molecule has 8 nitrogen and oxygen atoms in total. The van der Waals surface area contributed by atoms with Gasteiger partial charge in [-0.15, -0.1) is 0 Å². The molecular weight excluding hydrogens is 526 g/mol. The lowest BCUT2D eigenvalue weighted by Crippen LogP contribution is -2.48. The number of ether oxygens (including phenoxy) is 1. The molecule has 1 atom stereocenters. The number of anilines is 2. The number of hydrogen-bond donors (Lipinski definition) is 0. The lowest BCUT2D eigenvalue weighted by atomic mass is 10.1. The summed E-state index contributed by atoms with van der Waals surface area (Å²) in [4.78, 5) is 29.5. The Bertz CT molecular complexity index is 1460. The molecule has 0 radical (unpaired) electrons. The molecule has 0 bridgehead atoms. The van der Waals surface area contributed by atoms with E-state index in [1.807, 2.05) is 61.5 Å². The number of amides is 1. The van der Waals surface area contributed by atoms with Gasteiger partial charge in [-0.25, -0.2) is 13.2 Å². The van der Waals surface area contributed by atoms with Gasteiger partial charge in [-0.05, 0) is 55.3 Å². The highest BCUT2D eigenvalue weighted by molar-refractivity contribution is 7.89. The zero-order valence-corrected chi connectivity index (χ0v) is 22.5. The number of halogens is 1. The summed E-state index contributed by atoms with van der Waals surface area (Å²) in [6.45, 7) is 3.17. The van der Waals surface area contributed by atoms with Crippen LogP contribution >= 0.6 is 11.6 Å². The van der Waals surface area contributed by atoms with Gasteiger partial charge in [-0.3, -0.25) is 4.79 Å². The van der Waals surface area contributed by atoms with Crippen LogP contribution in [0.5, 0.6) is 0 Å². The zero-order valence-electron chi connectivity index (χ0n) is 20.9. The second kappa shape index (κ2) is 10.8. The fraction of sp³-hybridized carbons (Fsp3) is 0.286. The normalized spacial score (nSPS) is 17.8. The van der Waals surface area contributed by atoms with Gasteiger partial charge in [0.15, 0.2) is 6.61 Å². The van der Waals surface area contributed by atoms with Crippen LogP contribution in [-0.2, 0) is 26.0 Å². The summed E-state index contributed by atoms with van der Waals surface area (Å²) in [7, 11) is -3.86. The van der Waals surface area contributed by atoms with Crippen LogP contribution in [0.3, 0.4) is 0 Å². The molecule has 5 rings (SSSR count). The van der Waals surface area contributed by atoms with Gasteiger partial charge in [-0.1, -0.05) is 48.0 Å². The molecule has 38 heavy (non-hydrogen) atoms. The number of carbonyl (C=O) groups excluding carboxylic acids is 2. The van der Waals surface area contributed by atoms with E-state index in [2.05, 4.69) is 4.90 Å². The molecule has 10 heteroatoms. The second-order valence-electron chi connectivity index (χ2n) is 9.39. The molecule has 1 amide bonds. The first kappa shape index (κ1) is 26.2. The number of hydrogen-bond acceptors (Lipinski definition) is 6. The molecule has 0 aliphatic carbocycles. The number of nitrogens with zero attached hydrogens (tertiary/aromatic N) is 3. The van der Waals surface area contributed by atoms with E-state index in [-0.39, 0.29) is 27.4 Å². The molecule has 0 spiro atoms. The summed E-state index contributed by atoms with van der Waals surface area (Å²) in [6, 6.07) is 21.4. The van der Waals surface area contributed by atoms with Gasteiger partial charge < -0.3 is 14.5 Å². The number of piperazine rings is 1. The average molecular weight is 554 g/mol. The summed E-state index contributed by atoms with van der Waals surface area (Å²) in [5.74, 6) is -1.21. The Morgan fingerprint density at radius 1 is 0.947 bits per heavy atom. The number of carbonyl (C=O) groups is 2. The van der Waals surface area contributed by atoms with Crippen molar-refractivity contribution in [1.82, 2.24) is 4.31 Å². The third-order valence-corrected chi connectivity index (χ3v) is 9.18. The maximum absolute atomic E-state index is 13.4. The molecule has 2 aliphatic heterocycles. The van der Waals surface area contributed by atoms with E-state index < -0.39 is 22.6 Å². The molecule has 0 unspecified atom stereocenters. The van der Waals surface area contributed by atoms with Crippen molar-refractivity contribution >= 4 is 44.9 Å². The van der Waals surface area contributed by atoms with Crippen molar-refractivity contribution in [2.45, 2.75) is 24.3 Å². The summed E-state index contributed by atoms with van der Waals surface area (Å²) in [6.07, 6.45) is 0.723. The van der Waals surface area contributed by atoms with E-state index >= 15 is 0 Å². The average Bonchev–Trinajstić information content (AvgIpc) is 3.28. The number of esters is 1. The molecule has 0 N–H and O–H groups in total. The monoisotopic (exact) mass is 553 g/mol. The summed E-state index contributed by atoms with van der Waals surface area (Å²) >= 11 is 6.24. The summed E-state index contributed by atoms with van der Waals surface area (Å²) in [5, 5.41) is 0.0511. The van der Waals surface area contributed by atoms with Gasteiger partial charge in [0, 0.05) is 43.6 Å². The third kappa shape index (κ3) is 5.14. The molecule has 0 saturated carbocycles. The first-order chi connectivity index (χ1) is 18.3. The van der Waals surface area contributed by atoms with Crippen LogP contribution in [-0.4, -0.2) is 63.4 Å². The largest absolute Gasteiger partial charge is 0.452 e. The SMILES string of the molecule is C[C@H]1Cc2ccccc2N1C(=O)COC(=O)c1cc(S(=O)(=O)N2CCN(c3ccccc3)CC2)ccc1Cl. The van der Waals surface area contributed by atoms with Crippen molar-refractivity contribution in [3.05, 3.63) is 88.9 Å². The first-order valence-corrected chi connectivity index (χ1v) is 14.2. The van der Waals surface area contributed by atoms with E-state index in [9.17, 15) is 18.0 Å². The standard InChI is InChI=1S/C28H28ClN3O5S/c1-20-17-21-7-5-6-10-26(21)32(20)27(33)19-37-28(34)24-18-23(11-12-25(24)29)38(35,36)31-15-13-30(14-16-31)22-8-3-2-4-9-22/h2-12,18,20H,13-17,19H2,1H3/t20-/m0/s1. The van der Waals surface area contributed by atoms with Crippen LogP contribution in [0.1, 0.15) is 22.8 Å². The van der Waals surface area contributed by atoms with Gasteiger partial charge in [0.05, 0.1) is 15.5 Å². The Labute approximate surface area is 227 Å². The molecule has 1 saturated heterocycles. The molecule has 3 aromatic carbocycles. The van der Waals surface area contributed by atoms with E-state index in [1.165, 1.54) is 22.5 Å². The van der Waals surface area contributed by atoms with Gasteiger partial charge in [0.25, 0.3) is 5.91 Å². The Kier molecular flexibility index (Phi) is 7.43. The summed E-state index contributed by atoms with van der Waals surface area (Å²) < 4.78 is 33.4. The van der Waals surface area contributed by atoms with Crippen LogP contribution < -0.4 is 9.80 Å². The minimum Gasteiger partial charge on any atom is -0.452 e. The number of sulfonamides is 1. The minimum absolute atomic E-state index is 0.0459. The minimum atomic E-state index is -3.86. The second-order valence-corrected chi connectivity index (χ2v) is 11.7. The number of benzene rings is 3. The zero-order chi connectivity index (χ0) is 26.9. The van der Waals surface area contributed by atoms with Crippen molar-refractivity contribution < 1.29 is 22.7 Å². The van der Waals surface area contributed by atoms with E-state index in [0.717, 1.165) is 23.4 Å². The number of rotatable bonds is 6. The van der Waals surface area contributed by atoms with Crippen molar-refractivity contribution in [3.63, 3.8) is 0 Å². The topological polar surface area (TPSA) is 87.2 Å². The highest BCUT2D eigenvalue weighted by Gasteiger charge is 2.32. The van der Waals surface area contributed by atoms with Crippen LogP contribution in [0.2, 0.25) is 5.02 Å². The first-order valence-electron chi connectivity index (χ1n) is 12.4. The maximum atomic E-state index is 13.4. The maximum Gasteiger partial charge on any atom is 0.340 e. The molecular formula is C28H28ClN3O5S. The lowest BCUT2D eigenvalue weighted by Gasteiger charge is -2.35. The molecule has 3 aromatic rings. The molecule has 1 fully saturated rings. The van der Waals surface area contributed by atoms with Crippen molar-refractivity contribution in [3.8, 4) is 0 Å². The van der Waals surface area contributed by atoms with E-state index in [0.29, 0.717) is 26.2 Å². The quantitative estimate of drug-likeness (QED) is 0.429. The fourth-order valence-corrected chi connectivity index (χ4v) is 6.66. The predicted octanol–water partition coefficient (Wildman–Crippen LogP) is 3.99. The van der Waals surface area contributed by atoms with Crippen LogP contribution in [0.15, 0.2) is 77.7 Å². The third-order valence-electron chi connectivity index (χ3n) is 6.96. The van der Waals surface area contributed by atoms with Crippen molar-refractivity contribution in [1.29, 1.82) is 0 Å². The predicted molar refractivity (Wildman–Crippen MR) is 146 cm³/mol. The summed E-state index contributed by atoms with van der Waals surface area (Å²) in [5.41, 5.74) is 2.81. The highest BCUT2D eigenvalue weighted by Crippen LogP contribution is 2.32. The smallest absolute Gasteiger partial charge is 0.340 e. The van der Waals surface area contributed by atoms with Crippen LogP contribution in [0, 0.1) is 0 Å². The Morgan fingerprint density at radius 3 is 2.37 bits per heavy atom. The van der Waals surface area contributed by atoms with Crippen molar-refractivity contribution in [2.24, 2.45) is 0 Å². The van der Waals surface area contributed by atoms with Crippen LogP contribution in [0.4, 0.5) is 11.4 Å². The van der Waals surface area contributed by atoms with Gasteiger partial charge in [0.1, 0.15) is 0 Å². The molecule has 2 aliphatic rings.